The maximum absolute atomic E-state index is 12.8. The van der Waals surface area contributed by atoms with Crippen LogP contribution in [-0.4, -0.2) is 13.2 Å². The van der Waals surface area contributed by atoms with E-state index >= 15 is 0 Å². The fourth-order valence-corrected chi connectivity index (χ4v) is 3.27. The predicted molar refractivity (Wildman–Crippen MR) is 66.9 cm³/mol. The van der Waals surface area contributed by atoms with Crippen molar-refractivity contribution in [1.82, 2.24) is 0 Å². The van der Waals surface area contributed by atoms with Crippen LogP contribution in [0.2, 0.25) is 0 Å². The fourth-order valence-electron chi connectivity index (χ4n) is 1.62. The molecule has 126 valence electrons. The molecule has 1 aromatic carbocycles. The molecule has 0 saturated carbocycles. The Labute approximate surface area is 122 Å². The Morgan fingerprint density at radius 2 is 1.23 bits per heavy atom. The van der Waals surface area contributed by atoms with Crippen LogP contribution in [0.1, 0.15) is 25.0 Å². The van der Waals surface area contributed by atoms with E-state index < -0.39 is 36.4 Å². The smallest absolute Gasteiger partial charge is 0.305 e. The van der Waals surface area contributed by atoms with Crippen LogP contribution >= 0.6 is 7.60 Å². The van der Waals surface area contributed by atoms with Gasteiger partial charge in [-0.25, -0.2) is 0 Å². The summed E-state index contributed by atoms with van der Waals surface area (Å²) in [5, 5.41) is -0.779. The maximum Gasteiger partial charge on any atom is 0.416 e. The second kappa shape index (κ2) is 6.60. The average molecular weight is 350 g/mol. The van der Waals surface area contributed by atoms with Crippen molar-refractivity contribution >= 4 is 12.9 Å². The lowest BCUT2D eigenvalue weighted by atomic mass is 10.1. The van der Waals surface area contributed by atoms with E-state index in [0.717, 1.165) is 0 Å². The number of benzene rings is 1. The maximum atomic E-state index is 12.8. The monoisotopic (exact) mass is 350 g/mol. The van der Waals surface area contributed by atoms with Gasteiger partial charge >= 0.3 is 19.9 Å². The Morgan fingerprint density at radius 3 is 1.50 bits per heavy atom. The van der Waals surface area contributed by atoms with Crippen molar-refractivity contribution in [3.63, 3.8) is 0 Å². The molecule has 0 atom stereocenters. The van der Waals surface area contributed by atoms with Crippen LogP contribution in [0.15, 0.2) is 18.2 Å². The minimum absolute atomic E-state index is 0.0499. The summed E-state index contributed by atoms with van der Waals surface area (Å²) in [6, 6.07) is 0.647. The lowest BCUT2D eigenvalue weighted by Crippen LogP contribution is -2.19. The molecule has 0 fully saturated rings. The Bertz CT molecular complexity index is 525. The average Bonchev–Trinajstić information content (AvgIpc) is 2.36. The molecule has 0 bridgehead atoms. The third kappa shape index (κ3) is 4.47. The summed E-state index contributed by atoms with van der Waals surface area (Å²) in [7, 11) is -4.26. The van der Waals surface area contributed by atoms with Crippen LogP contribution in [0.25, 0.3) is 0 Å². The number of hydrogen-bond donors (Lipinski definition) is 0. The third-order valence-electron chi connectivity index (χ3n) is 2.49. The van der Waals surface area contributed by atoms with E-state index in [-0.39, 0.29) is 19.3 Å². The van der Waals surface area contributed by atoms with Crippen molar-refractivity contribution in [1.29, 1.82) is 0 Å². The Balaban J connectivity index is 3.55. The Hall–Kier alpha value is -1.05. The van der Waals surface area contributed by atoms with Crippen LogP contribution < -0.4 is 5.30 Å². The molecule has 0 aliphatic heterocycles. The lowest BCUT2D eigenvalue weighted by Gasteiger charge is -2.20. The molecule has 1 aromatic rings. The largest absolute Gasteiger partial charge is 0.416 e. The molecule has 0 aromatic heterocycles. The molecular weight excluding hydrogens is 337 g/mol. The van der Waals surface area contributed by atoms with Crippen molar-refractivity contribution in [2.75, 3.05) is 13.2 Å². The molecule has 0 heterocycles. The first-order valence-corrected chi connectivity index (χ1v) is 7.67. The summed E-state index contributed by atoms with van der Waals surface area (Å²) in [6.07, 6.45) is -10.1. The summed E-state index contributed by atoms with van der Waals surface area (Å²) in [5.74, 6) is 0. The number of halogens is 6. The lowest BCUT2D eigenvalue weighted by molar-refractivity contribution is -0.142. The van der Waals surface area contributed by atoms with Gasteiger partial charge in [-0.3, -0.25) is 4.57 Å². The number of alkyl halides is 6. The molecule has 0 unspecified atom stereocenters. The molecule has 0 amide bonds. The predicted octanol–water partition coefficient (Wildman–Crippen LogP) is 4.62. The fraction of sp³-hybridized carbons (Fsp3) is 0.500. The first kappa shape index (κ1) is 19.0. The summed E-state index contributed by atoms with van der Waals surface area (Å²) in [4.78, 5) is 0. The second-order valence-corrected chi connectivity index (χ2v) is 6.12. The molecule has 0 spiro atoms. The summed E-state index contributed by atoms with van der Waals surface area (Å²) < 4.78 is 98.5. The molecule has 0 radical (unpaired) electrons. The summed E-state index contributed by atoms with van der Waals surface area (Å²) >= 11 is 0. The van der Waals surface area contributed by atoms with Gasteiger partial charge in [-0.2, -0.15) is 26.3 Å². The molecule has 0 N–H and O–H groups in total. The first-order chi connectivity index (χ1) is 9.94. The van der Waals surface area contributed by atoms with E-state index in [1.165, 1.54) is 13.8 Å². The van der Waals surface area contributed by atoms with Crippen LogP contribution in [0.5, 0.6) is 0 Å². The van der Waals surface area contributed by atoms with Crippen molar-refractivity contribution < 1.29 is 40.0 Å². The van der Waals surface area contributed by atoms with Gasteiger partial charge in [-0.15, -0.1) is 0 Å². The van der Waals surface area contributed by atoms with E-state index in [4.69, 9.17) is 9.05 Å². The van der Waals surface area contributed by atoms with Crippen LogP contribution in [-0.2, 0) is 26.0 Å². The van der Waals surface area contributed by atoms with Crippen molar-refractivity contribution in [2.45, 2.75) is 26.2 Å². The van der Waals surface area contributed by atoms with Gasteiger partial charge in [0.25, 0.3) is 0 Å². The molecule has 0 aliphatic rings. The van der Waals surface area contributed by atoms with E-state index in [0.29, 0.717) is 12.1 Å². The van der Waals surface area contributed by atoms with Gasteiger partial charge in [0.05, 0.1) is 29.6 Å². The SMILES string of the molecule is CCOP(=O)(OCC)c1cc(C(F)(F)F)cc(C(F)(F)F)c1. The van der Waals surface area contributed by atoms with Crippen molar-refractivity contribution in [3.8, 4) is 0 Å². The van der Waals surface area contributed by atoms with Crippen molar-refractivity contribution in [3.05, 3.63) is 29.3 Å². The van der Waals surface area contributed by atoms with Gasteiger partial charge in [0.15, 0.2) is 0 Å². The number of hydrogen-bond acceptors (Lipinski definition) is 3. The Kier molecular flexibility index (Phi) is 5.70. The zero-order valence-corrected chi connectivity index (χ0v) is 12.5. The quantitative estimate of drug-likeness (QED) is 0.574. The van der Waals surface area contributed by atoms with E-state index in [2.05, 4.69) is 0 Å². The molecule has 3 nitrogen and oxygen atoms in total. The topological polar surface area (TPSA) is 35.5 Å². The van der Waals surface area contributed by atoms with Gasteiger partial charge < -0.3 is 9.05 Å². The van der Waals surface area contributed by atoms with Gasteiger partial charge in [0, 0.05) is 0 Å². The van der Waals surface area contributed by atoms with Crippen LogP contribution in [0.4, 0.5) is 26.3 Å². The normalized spacial score (nSPS) is 13.5. The third-order valence-corrected chi connectivity index (χ3v) is 4.57. The van der Waals surface area contributed by atoms with E-state index in [1.54, 1.807) is 0 Å². The Morgan fingerprint density at radius 1 is 0.864 bits per heavy atom. The van der Waals surface area contributed by atoms with Crippen LogP contribution in [0.3, 0.4) is 0 Å². The first-order valence-electron chi connectivity index (χ1n) is 6.13. The minimum atomic E-state index is -5.03. The van der Waals surface area contributed by atoms with Crippen LogP contribution in [0, 0.1) is 0 Å². The summed E-state index contributed by atoms with van der Waals surface area (Å²) in [6.45, 7) is 2.39. The second-order valence-electron chi connectivity index (χ2n) is 4.10. The van der Waals surface area contributed by atoms with E-state index in [9.17, 15) is 30.9 Å². The number of rotatable bonds is 5. The molecule has 10 heteroatoms. The highest BCUT2D eigenvalue weighted by atomic mass is 31.2. The van der Waals surface area contributed by atoms with Gasteiger partial charge in [-0.05, 0) is 32.0 Å². The van der Waals surface area contributed by atoms with Gasteiger partial charge in [0.1, 0.15) is 0 Å². The highest BCUT2D eigenvalue weighted by molar-refractivity contribution is 7.62. The van der Waals surface area contributed by atoms with Gasteiger partial charge in [-0.1, -0.05) is 0 Å². The highest BCUT2D eigenvalue weighted by Gasteiger charge is 2.40. The summed E-state index contributed by atoms with van der Waals surface area (Å²) in [5.41, 5.74) is -3.14. The molecular formula is C12H13F6O3P. The zero-order chi connectivity index (χ0) is 17.2. The zero-order valence-electron chi connectivity index (χ0n) is 11.6. The highest BCUT2D eigenvalue weighted by Crippen LogP contribution is 2.48. The molecule has 0 aliphatic carbocycles. The molecule has 1 rings (SSSR count). The van der Waals surface area contributed by atoms with E-state index in [1.807, 2.05) is 0 Å². The van der Waals surface area contributed by atoms with Gasteiger partial charge in [0.2, 0.25) is 0 Å². The minimum Gasteiger partial charge on any atom is -0.305 e. The molecule has 22 heavy (non-hydrogen) atoms. The standard InChI is InChI=1S/C12H13F6O3P/c1-3-20-22(19,21-4-2)10-6-8(11(13,14)15)5-9(7-10)12(16,17)18/h5-7H,3-4H2,1-2H3. The van der Waals surface area contributed by atoms with Crippen molar-refractivity contribution in [2.24, 2.45) is 0 Å². The molecule has 0 saturated heterocycles.